The minimum absolute atomic E-state index is 0.144. The van der Waals surface area contributed by atoms with Crippen molar-refractivity contribution in [2.45, 2.75) is 18.8 Å². The first-order chi connectivity index (χ1) is 6.22. The molecule has 0 radical (unpaired) electrons. The lowest BCUT2D eigenvalue weighted by Gasteiger charge is -2.02. The fraction of sp³-hybridized carbons (Fsp3) is 0.375. The van der Waals surface area contributed by atoms with Crippen LogP contribution >= 0.6 is 11.6 Å². The lowest BCUT2D eigenvalue weighted by atomic mass is 10.2. The second-order valence-electron chi connectivity index (χ2n) is 3.02. The summed E-state index contributed by atoms with van der Waals surface area (Å²) < 4.78 is 0. The van der Waals surface area contributed by atoms with Crippen molar-refractivity contribution >= 4 is 17.5 Å². The molecule has 13 heavy (non-hydrogen) atoms. The van der Waals surface area contributed by atoms with Crippen molar-refractivity contribution < 1.29 is 0 Å². The fourth-order valence-electron chi connectivity index (χ4n) is 1.22. The van der Waals surface area contributed by atoms with Gasteiger partial charge in [0.05, 0.1) is 5.69 Å². The van der Waals surface area contributed by atoms with E-state index in [4.69, 9.17) is 22.6 Å². The highest BCUT2D eigenvalue weighted by molar-refractivity contribution is 6.30. The number of hydrogen-bond donors (Lipinski definition) is 1. The van der Waals surface area contributed by atoms with Crippen LogP contribution in [0.1, 0.15) is 30.0 Å². The van der Waals surface area contributed by atoms with Crippen LogP contribution in [0.2, 0.25) is 5.15 Å². The van der Waals surface area contributed by atoms with Crippen LogP contribution in [0.3, 0.4) is 0 Å². The van der Waals surface area contributed by atoms with E-state index in [1.165, 1.54) is 0 Å². The zero-order valence-electron chi connectivity index (χ0n) is 6.79. The summed E-state index contributed by atoms with van der Waals surface area (Å²) in [4.78, 5) is 7.75. The van der Waals surface area contributed by atoms with E-state index in [2.05, 4.69) is 9.97 Å². The number of nitrogen functional groups attached to an aromatic ring is 1. The number of nitrogens with zero attached hydrogens (tertiary/aromatic N) is 3. The molecule has 1 aromatic rings. The number of rotatable bonds is 1. The summed E-state index contributed by atoms with van der Waals surface area (Å²) >= 11 is 5.75. The third-order valence-electron chi connectivity index (χ3n) is 1.99. The molecule has 1 aliphatic carbocycles. The minimum atomic E-state index is 0.144. The molecule has 4 nitrogen and oxygen atoms in total. The van der Waals surface area contributed by atoms with Gasteiger partial charge >= 0.3 is 0 Å². The van der Waals surface area contributed by atoms with Crippen LogP contribution in [-0.4, -0.2) is 9.97 Å². The second-order valence-corrected chi connectivity index (χ2v) is 3.38. The first-order valence-corrected chi connectivity index (χ1v) is 4.33. The summed E-state index contributed by atoms with van der Waals surface area (Å²) in [5, 5.41) is 8.98. The van der Waals surface area contributed by atoms with Gasteiger partial charge in [-0.25, -0.2) is 4.98 Å². The lowest BCUT2D eigenvalue weighted by Crippen LogP contribution is -2.02. The molecular weight excluding hydrogens is 188 g/mol. The number of halogens is 1. The Bertz CT molecular complexity index is 392. The van der Waals surface area contributed by atoms with E-state index in [1.807, 2.05) is 6.07 Å². The van der Waals surface area contributed by atoms with Crippen molar-refractivity contribution in [2.75, 3.05) is 5.73 Å². The van der Waals surface area contributed by atoms with Crippen LogP contribution in [0.4, 0.5) is 5.95 Å². The van der Waals surface area contributed by atoms with Crippen LogP contribution < -0.4 is 5.73 Å². The van der Waals surface area contributed by atoms with Crippen molar-refractivity contribution in [1.29, 1.82) is 5.26 Å². The maximum atomic E-state index is 8.81. The average Bonchev–Trinajstić information content (AvgIpc) is 2.85. The molecule has 1 heterocycles. The summed E-state index contributed by atoms with van der Waals surface area (Å²) in [6.45, 7) is 0. The van der Waals surface area contributed by atoms with Gasteiger partial charge in [-0.1, -0.05) is 11.6 Å². The Hall–Kier alpha value is -1.34. The largest absolute Gasteiger partial charge is 0.368 e. The van der Waals surface area contributed by atoms with Gasteiger partial charge in [0, 0.05) is 5.92 Å². The summed E-state index contributed by atoms with van der Waals surface area (Å²) in [5.74, 6) is 0.503. The van der Waals surface area contributed by atoms with Gasteiger partial charge in [0.15, 0.2) is 5.15 Å². The molecule has 0 aliphatic heterocycles. The van der Waals surface area contributed by atoms with E-state index in [9.17, 15) is 0 Å². The van der Waals surface area contributed by atoms with Crippen LogP contribution in [0.15, 0.2) is 0 Å². The van der Waals surface area contributed by atoms with Gasteiger partial charge in [-0.3, -0.25) is 0 Å². The van der Waals surface area contributed by atoms with Gasteiger partial charge in [0.2, 0.25) is 5.95 Å². The molecule has 5 heteroatoms. The van der Waals surface area contributed by atoms with Crippen LogP contribution in [0, 0.1) is 11.3 Å². The molecule has 0 aromatic carbocycles. The highest BCUT2D eigenvalue weighted by Gasteiger charge is 2.29. The molecule has 1 aliphatic rings. The van der Waals surface area contributed by atoms with Gasteiger partial charge in [-0.15, -0.1) is 0 Å². The average molecular weight is 195 g/mol. The van der Waals surface area contributed by atoms with E-state index in [1.54, 1.807) is 0 Å². The van der Waals surface area contributed by atoms with Gasteiger partial charge in [-0.05, 0) is 12.8 Å². The maximum absolute atomic E-state index is 8.81. The van der Waals surface area contributed by atoms with Crippen molar-refractivity contribution in [2.24, 2.45) is 0 Å². The lowest BCUT2D eigenvalue weighted by molar-refractivity contribution is 0.986. The van der Waals surface area contributed by atoms with Crippen LogP contribution in [-0.2, 0) is 0 Å². The van der Waals surface area contributed by atoms with E-state index in [0.717, 1.165) is 12.8 Å². The molecule has 66 valence electrons. The topological polar surface area (TPSA) is 75.6 Å². The third-order valence-corrected chi connectivity index (χ3v) is 2.26. The Labute approximate surface area is 80.4 Å². The normalized spacial score (nSPS) is 15.4. The standard InChI is InChI=1S/C8H7ClN4/c9-7-5(3-10)6(4-1-2-4)12-8(11)13-7/h4H,1-2H2,(H2,11,12,13). The summed E-state index contributed by atoms with van der Waals surface area (Å²) in [6.07, 6.45) is 2.11. The molecule has 1 fully saturated rings. The van der Waals surface area contributed by atoms with Gasteiger partial charge in [0.25, 0.3) is 0 Å². The molecule has 0 spiro atoms. The fourth-order valence-corrected chi connectivity index (χ4v) is 1.45. The number of nitrogens with two attached hydrogens (primary N) is 1. The smallest absolute Gasteiger partial charge is 0.221 e. The van der Waals surface area contributed by atoms with Crippen molar-refractivity contribution in [3.05, 3.63) is 16.4 Å². The summed E-state index contributed by atoms with van der Waals surface area (Å²) in [5.41, 5.74) is 6.51. The quantitative estimate of drug-likeness (QED) is 0.687. The molecule has 0 atom stereocenters. The molecule has 1 saturated carbocycles. The van der Waals surface area contributed by atoms with Gasteiger partial charge < -0.3 is 5.73 Å². The summed E-state index contributed by atoms with van der Waals surface area (Å²) in [6, 6.07) is 2.00. The Kier molecular flexibility index (Phi) is 1.82. The van der Waals surface area contributed by atoms with Crippen LogP contribution in [0.5, 0.6) is 0 Å². The first kappa shape index (κ1) is 8.27. The molecule has 2 N–H and O–H groups in total. The Morgan fingerprint density at radius 2 is 2.15 bits per heavy atom. The highest BCUT2D eigenvalue weighted by Crippen LogP contribution is 2.41. The molecule has 0 saturated heterocycles. The Morgan fingerprint density at radius 3 is 2.69 bits per heavy atom. The Morgan fingerprint density at radius 1 is 1.46 bits per heavy atom. The zero-order chi connectivity index (χ0) is 9.42. The Balaban J connectivity index is 2.58. The first-order valence-electron chi connectivity index (χ1n) is 3.95. The number of hydrogen-bond acceptors (Lipinski definition) is 4. The van der Waals surface area contributed by atoms with E-state index in [-0.39, 0.29) is 11.1 Å². The van der Waals surface area contributed by atoms with E-state index in [0.29, 0.717) is 17.2 Å². The van der Waals surface area contributed by atoms with Crippen molar-refractivity contribution in [3.63, 3.8) is 0 Å². The van der Waals surface area contributed by atoms with E-state index < -0.39 is 0 Å². The monoisotopic (exact) mass is 194 g/mol. The van der Waals surface area contributed by atoms with Crippen LogP contribution in [0.25, 0.3) is 0 Å². The minimum Gasteiger partial charge on any atom is -0.368 e. The highest BCUT2D eigenvalue weighted by atomic mass is 35.5. The van der Waals surface area contributed by atoms with E-state index >= 15 is 0 Å². The maximum Gasteiger partial charge on any atom is 0.221 e. The van der Waals surface area contributed by atoms with Crippen molar-refractivity contribution in [1.82, 2.24) is 9.97 Å². The molecule has 0 unspecified atom stereocenters. The van der Waals surface area contributed by atoms with Crippen molar-refractivity contribution in [3.8, 4) is 6.07 Å². The number of anilines is 1. The second kappa shape index (κ2) is 2.86. The number of nitriles is 1. The molecule has 2 rings (SSSR count). The molecule has 1 aromatic heterocycles. The predicted octanol–water partition coefficient (Wildman–Crippen LogP) is 1.46. The van der Waals surface area contributed by atoms with Gasteiger partial charge in [-0.2, -0.15) is 10.2 Å². The predicted molar refractivity (Wildman–Crippen MR) is 48.1 cm³/mol. The molecule has 0 bridgehead atoms. The van der Waals surface area contributed by atoms with Gasteiger partial charge in [0.1, 0.15) is 11.6 Å². The third kappa shape index (κ3) is 1.43. The molecule has 0 amide bonds. The number of aromatic nitrogens is 2. The molecular formula is C8H7ClN4. The SMILES string of the molecule is N#Cc1c(Cl)nc(N)nc1C1CC1. The zero-order valence-corrected chi connectivity index (χ0v) is 7.54. The summed E-state index contributed by atoms with van der Waals surface area (Å²) in [7, 11) is 0.